The molecule has 0 spiro atoms. The maximum Gasteiger partial charge on any atom is 0.417 e. The molecule has 0 radical (unpaired) electrons. The zero-order valence-corrected chi connectivity index (χ0v) is 32.1. The van der Waals surface area contributed by atoms with Crippen molar-refractivity contribution in [1.82, 2.24) is 15.1 Å². The van der Waals surface area contributed by atoms with Crippen molar-refractivity contribution in [2.24, 2.45) is 41.4 Å². The zero-order valence-electron chi connectivity index (χ0n) is 31.1. The van der Waals surface area contributed by atoms with E-state index in [1.54, 1.807) is 0 Å². The fourth-order valence-electron chi connectivity index (χ4n) is 10.3. The number of cyclic esters (lactones) is 2. The van der Waals surface area contributed by atoms with Gasteiger partial charge in [0.25, 0.3) is 0 Å². The summed E-state index contributed by atoms with van der Waals surface area (Å²) in [5.74, 6) is 0.0765. The van der Waals surface area contributed by atoms with E-state index in [1.165, 1.54) is 9.80 Å². The maximum absolute atomic E-state index is 14.6. The first-order valence-electron chi connectivity index (χ1n) is 19.4. The van der Waals surface area contributed by atoms with Crippen LogP contribution in [-0.2, 0) is 36.3 Å². The predicted octanol–water partition coefficient (Wildman–Crippen LogP) is 4.78. The van der Waals surface area contributed by atoms with Crippen molar-refractivity contribution in [3.63, 3.8) is 0 Å². The predicted molar refractivity (Wildman–Crippen MR) is 196 cm³/mol. The van der Waals surface area contributed by atoms with E-state index in [0.29, 0.717) is 43.4 Å². The third-order valence-electron chi connectivity index (χ3n) is 14.4. The van der Waals surface area contributed by atoms with Gasteiger partial charge in [0.2, 0.25) is 11.8 Å². The first-order chi connectivity index (χ1) is 25.2. The second-order valence-electron chi connectivity index (χ2n) is 18.3. The maximum atomic E-state index is 14.6. The van der Waals surface area contributed by atoms with Crippen LogP contribution in [-0.4, -0.2) is 96.3 Å². The Morgan fingerprint density at radius 2 is 1.55 bits per heavy atom. The molecule has 5 unspecified atom stereocenters. The minimum Gasteiger partial charge on any atom is -0.447 e. The second-order valence-corrected chi connectivity index (χ2v) is 23.1. The summed E-state index contributed by atoms with van der Waals surface area (Å²) in [6.45, 7) is 11.4. The number of hydrogen-bond donors (Lipinski definition) is 2. The lowest BCUT2D eigenvalue weighted by Crippen LogP contribution is -2.54. The summed E-state index contributed by atoms with van der Waals surface area (Å²) in [5.41, 5.74) is 1.25. The molecular weight excluding hydrogens is 691 g/mol. The largest absolute Gasteiger partial charge is 0.447 e. The van der Waals surface area contributed by atoms with Crippen LogP contribution in [0.5, 0.6) is 0 Å². The van der Waals surface area contributed by atoms with E-state index in [9.17, 15) is 24.3 Å². The van der Waals surface area contributed by atoms with Gasteiger partial charge in [-0.3, -0.25) is 9.59 Å². The lowest BCUT2D eigenvalue weighted by molar-refractivity contribution is -0.138. The Bertz CT molecular complexity index is 1810. The summed E-state index contributed by atoms with van der Waals surface area (Å²) >= 11 is 0. The molecule has 2 saturated heterocycles. The van der Waals surface area contributed by atoms with Gasteiger partial charge in [0, 0.05) is 12.1 Å². The fourth-order valence-corrected chi connectivity index (χ4v) is 11.7. The molecule has 2 aromatic carbocycles. The van der Waals surface area contributed by atoms with E-state index in [4.69, 9.17) is 13.9 Å². The number of benzene rings is 2. The van der Waals surface area contributed by atoms with Crippen LogP contribution in [0.4, 0.5) is 9.59 Å². The van der Waals surface area contributed by atoms with E-state index < -0.39 is 62.2 Å². The molecule has 13 atom stereocenters. The van der Waals surface area contributed by atoms with Crippen LogP contribution in [0, 0.1) is 41.4 Å². The molecule has 2 heterocycles. The van der Waals surface area contributed by atoms with E-state index in [0.717, 1.165) is 11.1 Å². The van der Waals surface area contributed by atoms with E-state index in [2.05, 4.69) is 39.2 Å². The van der Waals surface area contributed by atoms with Crippen LogP contribution in [0.25, 0.3) is 0 Å². The molecule has 6 aliphatic carbocycles. The number of imide groups is 2. The van der Waals surface area contributed by atoms with Crippen LogP contribution in [0.15, 0.2) is 60.7 Å². The van der Waals surface area contributed by atoms with Gasteiger partial charge in [0.15, 0.2) is 8.32 Å². The average molecular weight is 742 g/mol. The Kier molecular flexibility index (Phi) is 8.10. The molecule has 2 bridgehead atoms. The number of aliphatic hydroxyl groups excluding tert-OH is 1. The summed E-state index contributed by atoms with van der Waals surface area (Å²) in [6.07, 6.45) is -1.13. The van der Waals surface area contributed by atoms with Gasteiger partial charge in [0.1, 0.15) is 12.7 Å². The average Bonchev–Trinajstić information content (AvgIpc) is 4.01. The quantitative estimate of drug-likeness (QED) is 0.313. The van der Waals surface area contributed by atoms with Crippen LogP contribution < -0.4 is 5.32 Å². The number of hydrogen-bond acceptors (Lipinski definition) is 9. The zero-order chi connectivity index (χ0) is 37.2. The standard InChI is InChI=1S/C41H51N3O8Si/c1-40(2,3)53(4,5)52-34-32-29-30(32)31(29)33(34)37(47)44-27(17-23-14-10-7-11-15-23)28(51-39(44)49)20-42-41-19-24(41)18-26(35(41)45)36(46)43-25(21-50-38(43)48)16-22-12-8-6-9-13-22/h6-15,24-35,42,45H,16-21H2,1-5H3/t24-,25-,26+,27-,28?,29+,30?,31?,32?,33+,34?,35-,41-/m1/s1. The minimum atomic E-state index is -2.17. The Morgan fingerprint density at radius 1 is 0.906 bits per heavy atom. The van der Waals surface area contributed by atoms with Crippen molar-refractivity contribution in [1.29, 1.82) is 0 Å². The number of carbonyl (C=O) groups is 4. The number of nitrogens with one attached hydrogen (secondary N) is 1. The van der Waals surface area contributed by atoms with Gasteiger partial charge in [-0.15, -0.1) is 0 Å². The number of aliphatic hydroxyl groups is 1. The molecule has 8 fully saturated rings. The molecule has 10 rings (SSSR count). The Morgan fingerprint density at radius 3 is 2.19 bits per heavy atom. The molecule has 8 aliphatic rings. The Balaban J connectivity index is 0.907. The van der Waals surface area contributed by atoms with Gasteiger partial charge in [-0.25, -0.2) is 19.4 Å². The van der Waals surface area contributed by atoms with Gasteiger partial charge in [0.05, 0.1) is 36.1 Å². The van der Waals surface area contributed by atoms with Gasteiger partial charge < -0.3 is 24.3 Å². The van der Waals surface area contributed by atoms with Crippen molar-refractivity contribution >= 4 is 32.3 Å². The van der Waals surface area contributed by atoms with Gasteiger partial charge in [-0.2, -0.15) is 0 Å². The van der Waals surface area contributed by atoms with Crippen LogP contribution in [0.3, 0.4) is 0 Å². The third-order valence-corrected chi connectivity index (χ3v) is 18.9. The van der Waals surface area contributed by atoms with Crippen LogP contribution >= 0.6 is 0 Å². The van der Waals surface area contributed by atoms with Gasteiger partial charge in [-0.05, 0) is 84.5 Å². The van der Waals surface area contributed by atoms with E-state index in [-0.39, 0.29) is 48.0 Å². The fraction of sp³-hybridized carbons (Fsp3) is 0.610. The molecule has 282 valence electrons. The highest BCUT2D eigenvalue weighted by Gasteiger charge is 2.86. The highest BCUT2D eigenvalue weighted by atomic mass is 28.4. The van der Waals surface area contributed by atoms with Gasteiger partial charge >= 0.3 is 12.2 Å². The van der Waals surface area contributed by atoms with Crippen LogP contribution in [0.1, 0.15) is 44.7 Å². The molecule has 2 N–H and O–H groups in total. The van der Waals surface area contributed by atoms with E-state index >= 15 is 0 Å². The lowest BCUT2D eigenvalue weighted by Gasteiger charge is -2.40. The SMILES string of the molecule is CC(C)(C)[Si](C)(C)OC1C2C3C([C@@H]1C(=O)N1C(=O)OC(CN[C@]45C[C@H]4C[C@H](C(=O)N4C(=O)OC[C@H]4Cc4ccccc4)[C@H]5O)[C@H]1Cc1ccccc1)[C@@H]23. The van der Waals surface area contributed by atoms with Crippen molar-refractivity contribution in [3.8, 4) is 0 Å². The first kappa shape index (κ1) is 35.1. The Hall–Kier alpha value is -3.58. The van der Waals surface area contributed by atoms with Crippen molar-refractivity contribution < 1.29 is 38.2 Å². The van der Waals surface area contributed by atoms with Gasteiger partial charge in [-0.1, -0.05) is 81.4 Å². The normalized spacial score (nSPS) is 39.1. The van der Waals surface area contributed by atoms with E-state index in [1.807, 2.05) is 60.7 Å². The molecule has 0 aromatic heterocycles. The number of amides is 4. The van der Waals surface area contributed by atoms with Crippen molar-refractivity contribution in [2.45, 2.75) is 101 Å². The number of carbonyl (C=O) groups excluding carboxylic acids is 4. The summed E-state index contributed by atoms with van der Waals surface area (Å²) < 4.78 is 18.3. The monoisotopic (exact) mass is 741 g/mol. The number of fused-ring (bicyclic) bond motifs is 2. The smallest absolute Gasteiger partial charge is 0.417 e. The second kappa shape index (κ2) is 12.2. The topological polar surface area (TPSA) is 135 Å². The molecular formula is C41H51N3O8Si. The summed E-state index contributed by atoms with van der Waals surface area (Å²) in [5, 5.41) is 15.3. The number of rotatable bonds is 11. The molecule has 11 nitrogen and oxygen atoms in total. The summed E-state index contributed by atoms with van der Waals surface area (Å²) in [7, 11) is -2.17. The number of nitrogens with zero attached hydrogens (tertiary/aromatic N) is 2. The molecule has 53 heavy (non-hydrogen) atoms. The minimum absolute atomic E-state index is 0.00173. The summed E-state index contributed by atoms with van der Waals surface area (Å²) in [6, 6.07) is 18.5. The lowest BCUT2D eigenvalue weighted by atomic mass is 9.95. The molecule has 12 heteroatoms. The highest BCUT2D eigenvalue weighted by molar-refractivity contribution is 6.74. The summed E-state index contributed by atoms with van der Waals surface area (Å²) in [4.78, 5) is 57.7. The first-order valence-corrected chi connectivity index (χ1v) is 22.3. The highest BCUT2D eigenvalue weighted by Crippen LogP contribution is 2.84. The molecule has 6 saturated carbocycles. The molecule has 2 aliphatic heterocycles. The molecule has 4 amide bonds. The van der Waals surface area contributed by atoms with Crippen molar-refractivity contribution in [2.75, 3.05) is 13.2 Å². The Labute approximate surface area is 311 Å². The third kappa shape index (κ3) is 5.61. The van der Waals surface area contributed by atoms with Crippen molar-refractivity contribution in [3.05, 3.63) is 71.8 Å². The molecule has 2 aromatic rings. The van der Waals surface area contributed by atoms with Crippen LogP contribution in [0.2, 0.25) is 18.1 Å². The number of ether oxygens (including phenoxy) is 2.